The molecule has 7 heteroatoms. The molecule has 6 nitrogen and oxygen atoms in total. The van der Waals surface area contributed by atoms with E-state index in [-0.39, 0.29) is 5.56 Å². The molecule has 0 amide bonds. The summed E-state index contributed by atoms with van der Waals surface area (Å²) in [5, 5.41) is 1.12. The number of hydrogen-bond acceptors (Lipinski definition) is 4. The maximum Gasteiger partial charge on any atom is 0.255 e. The van der Waals surface area contributed by atoms with Gasteiger partial charge in [-0.2, -0.15) is 0 Å². The highest BCUT2D eigenvalue weighted by molar-refractivity contribution is 7.95. The number of anilines is 1. The van der Waals surface area contributed by atoms with Gasteiger partial charge in [0.15, 0.2) is 0 Å². The summed E-state index contributed by atoms with van der Waals surface area (Å²) < 4.78 is 27.1. The van der Waals surface area contributed by atoms with Gasteiger partial charge in [-0.25, -0.2) is 13.4 Å². The number of rotatable bonds is 6. The summed E-state index contributed by atoms with van der Waals surface area (Å²) in [5.41, 5.74) is 2.22. The number of aromatic amines is 1. The maximum atomic E-state index is 12.3. The zero-order chi connectivity index (χ0) is 19.3. The second kappa shape index (κ2) is 8.01. The molecule has 3 rings (SSSR count). The lowest BCUT2D eigenvalue weighted by atomic mass is 10.2. The van der Waals surface area contributed by atoms with Crippen LogP contribution in [-0.4, -0.2) is 18.4 Å². The van der Waals surface area contributed by atoms with Crippen molar-refractivity contribution in [2.75, 3.05) is 4.72 Å². The van der Waals surface area contributed by atoms with E-state index in [9.17, 15) is 13.2 Å². The molecule has 3 aromatic rings. The van der Waals surface area contributed by atoms with Crippen LogP contribution in [0.2, 0.25) is 0 Å². The molecule has 0 radical (unpaired) electrons. The second-order valence-electron chi connectivity index (χ2n) is 5.88. The second-order valence-corrected chi connectivity index (χ2v) is 7.45. The minimum absolute atomic E-state index is 0.242. The summed E-state index contributed by atoms with van der Waals surface area (Å²) >= 11 is 0. The molecule has 0 aliphatic carbocycles. The van der Waals surface area contributed by atoms with Gasteiger partial charge in [-0.05, 0) is 30.2 Å². The largest absolute Gasteiger partial charge is 0.307 e. The van der Waals surface area contributed by atoms with E-state index in [1.807, 2.05) is 37.3 Å². The Balaban J connectivity index is 1.84. The third-order valence-electron chi connectivity index (χ3n) is 3.79. The smallest absolute Gasteiger partial charge is 0.255 e. The zero-order valence-electron chi connectivity index (χ0n) is 14.7. The van der Waals surface area contributed by atoms with Gasteiger partial charge in [0.25, 0.3) is 15.6 Å². The van der Waals surface area contributed by atoms with E-state index in [0.717, 1.165) is 11.0 Å². The Kier molecular flexibility index (Phi) is 5.52. The van der Waals surface area contributed by atoms with Gasteiger partial charge in [0.05, 0.1) is 5.41 Å². The number of nitrogens with zero attached hydrogens (tertiary/aromatic N) is 1. The summed E-state index contributed by atoms with van der Waals surface area (Å²) in [6.45, 7) is 1.91. The highest BCUT2D eigenvalue weighted by Gasteiger charge is 2.08. The lowest BCUT2D eigenvalue weighted by molar-refractivity contribution is 0.609. The number of hydrogen-bond donors (Lipinski definition) is 2. The third kappa shape index (κ3) is 5.15. The van der Waals surface area contributed by atoms with E-state index in [4.69, 9.17) is 0 Å². The van der Waals surface area contributed by atoms with Crippen LogP contribution in [0.5, 0.6) is 0 Å². The fourth-order valence-corrected chi connectivity index (χ4v) is 3.35. The number of nitrogens with one attached hydrogen (secondary N) is 2. The predicted octanol–water partition coefficient (Wildman–Crippen LogP) is 3.41. The Bertz CT molecular complexity index is 1120. The molecule has 0 aliphatic heterocycles. The SMILES string of the molecule is CCc1cc(=O)[nH]c(-c2cccc(NS(=O)(=O)/C=C/c3ccccc3)c2)n1. The van der Waals surface area contributed by atoms with Crippen LogP contribution in [0.4, 0.5) is 5.69 Å². The van der Waals surface area contributed by atoms with Crippen LogP contribution < -0.4 is 10.3 Å². The van der Waals surface area contributed by atoms with Crippen LogP contribution in [0.15, 0.2) is 70.9 Å². The first-order valence-electron chi connectivity index (χ1n) is 8.42. The number of sulfonamides is 1. The highest BCUT2D eigenvalue weighted by Crippen LogP contribution is 2.20. The molecular formula is C20H19N3O3S. The molecule has 0 spiro atoms. The van der Waals surface area contributed by atoms with Crippen molar-refractivity contribution in [3.05, 3.63) is 87.7 Å². The molecule has 2 aromatic carbocycles. The maximum absolute atomic E-state index is 12.3. The summed E-state index contributed by atoms with van der Waals surface area (Å²) in [6, 6.07) is 17.3. The van der Waals surface area contributed by atoms with Gasteiger partial charge in [0.2, 0.25) is 0 Å². The van der Waals surface area contributed by atoms with Crippen molar-refractivity contribution in [1.82, 2.24) is 9.97 Å². The van der Waals surface area contributed by atoms with Gasteiger partial charge in [0, 0.05) is 23.0 Å². The van der Waals surface area contributed by atoms with E-state index in [2.05, 4.69) is 14.7 Å². The predicted molar refractivity (Wildman–Crippen MR) is 108 cm³/mol. The average Bonchev–Trinajstić information content (AvgIpc) is 2.66. The van der Waals surface area contributed by atoms with Crippen LogP contribution >= 0.6 is 0 Å². The van der Waals surface area contributed by atoms with Gasteiger partial charge in [-0.15, -0.1) is 0 Å². The summed E-state index contributed by atoms with van der Waals surface area (Å²) in [6.07, 6.45) is 2.16. The lowest BCUT2D eigenvalue weighted by Gasteiger charge is -2.07. The molecule has 0 aliphatic rings. The van der Waals surface area contributed by atoms with Crippen LogP contribution in [0, 0.1) is 0 Å². The first kappa shape index (κ1) is 18.6. The highest BCUT2D eigenvalue weighted by atomic mass is 32.2. The molecule has 1 aromatic heterocycles. The third-order valence-corrected chi connectivity index (χ3v) is 4.81. The molecular weight excluding hydrogens is 362 g/mol. The van der Waals surface area contributed by atoms with Crippen molar-refractivity contribution in [2.24, 2.45) is 0 Å². The number of benzene rings is 2. The Morgan fingerprint density at radius 3 is 2.59 bits per heavy atom. The average molecular weight is 381 g/mol. The Hall–Kier alpha value is -3.19. The van der Waals surface area contributed by atoms with Crippen molar-refractivity contribution in [2.45, 2.75) is 13.3 Å². The molecule has 0 bridgehead atoms. The quantitative estimate of drug-likeness (QED) is 0.684. The van der Waals surface area contributed by atoms with E-state index >= 15 is 0 Å². The molecule has 1 heterocycles. The van der Waals surface area contributed by atoms with Gasteiger partial charge in [-0.3, -0.25) is 9.52 Å². The monoisotopic (exact) mass is 381 g/mol. The van der Waals surface area contributed by atoms with E-state index in [1.165, 1.54) is 12.1 Å². The van der Waals surface area contributed by atoms with Gasteiger partial charge in [-0.1, -0.05) is 49.4 Å². The van der Waals surface area contributed by atoms with Gasteiger partial charge >= 0.3 is 0 Å². The fourth-order valence-electron chi connectivity index (χ4n) is 2.49. The summed E-state index contributed by atoms with van der Waals surface area (Å²) in [5.74, 6) is 0.403. The van der Waals surface area contributed by atoms with E-state index in [0.29, 0.717) is 29.2 Å². The fraction of sp³-hybridized carbons (Fsp3) is 0.100. The Labute approximate surface area is 157 Å². The Morgan fingerprint density at radius 2 is 1.85 bits per heavy atom. The Morgan fingerprint density at radius 1 is 1.07 bits per heavy atom. The molecule has 0 unspecified atom stereocenters. The summed E-state index contributed by atoms with van der Waals surface area (Å²) in [7, 11) is -3.68. The molecule has 0 atom stereocenters. The van der Waals surface area contributed by atoms with Crippen LogP contribution in [0.25, 0.3) is 17.5 Å². The van der Waals surface area contributed by atoms with Crippen molar-refractivity contribution in [3.8, 4) is 11.4 Å². The molecule has 0 saturated carbocycles. The number of aryl methyl sites for hydroxylation is 1. The normalized spacial score (nSPS) is 11.6. The minimum atomic E-state index is -3.68. The molecule has 0 saturated heterocycles. The van der Waals surface area contributed by atoms with Crippen molar-refractivity contribution < 1.29 is 8.42 Å². The standard InChI is InChI=1S/C20H19N3O3S/c1-2-17-14-19(24)22-20(21-17)16-9-6-10-18(13-16)23-27(25,26)12-11-15-7-4-3-5-8-15/h3-14,23H,2H2,1H3,(H,21,22,24)/b12-11+. The molecule has 27 heavy (non-hydrogen) atoms. The summed E-state index contributed by atoms with van der Waals surface area (Å²) in [4.78, 5) is 18.8. The van der Waals surface area contributed by atoms with Crippen LogP contribution in [0.1, 0.15) is 18.2 Å². The van der Waals surface area contributed by atoms with Crippen molar-refractivity contribution in [1.29, 1.82) is 0 Å². The number of aromatic nitrogens is 2. The van der Waals surface area contributed by atoms with Gasteiger partial charge < -0.3 is 4.98 Å². The van der Waals surface area contributed by atoms with Crippen LogP contribution in [-0.2, 0) is 16.4 Å². The van der Waals surface area contributed by atoms with E-state index < -0.39 is 10.0 Å². The first-order chi connectivity index (χ1) is 12.9. The molecule has 138 valence electrons. The molecule has 0 fully saturated rings. The minimum Gasteiger partial charge on any atom is -0.307 e. The van der Waals surface area contributed by atoms with Gasteiger partial charge in [0.1, 0.15) is 5.82 Å². The van der Waals surface area contributed by atoms with Crippen molar-refractivity contribution >= 4 is 21.8 Å². The lowest BCUT2D eigenvalue weighted by Crippen LogP contribution is -2.11. The van der Waals surface area contributed by atoms with Crippen LogP contribution in [0.3, 0.4) is 0 Å². The van der Waals surface area contributed by atoms with E-state index in [1.54, 1.807) is 24.3 Å². The van der Waals surface area contributed by atoms with Crippen molar-refractivity contribution in [3.63, 3.8) is 0 Å². The first-order valence-corrected chi connectivity index (χ1v) is 9.96. The molecule has 2 N–H and O–H groups in total. The zero-order valence-corrected chi connectivity index (χ0v) is 15.5. The topological polar surface area (TPSA) is 91.9 Å². The number of H-pyrrole nitrogens is 1.